The molecule has 0 aromatic heterocycles. The summed E-state index contributed by atoms with van der Waals surface area (Å²) in [7, 11) is -3.23. The number of fused-ring (bicyclic) bond motifs is 2. The van der Waals surface area contributed by atoms with Crippen molar-refractivity contribution in [1.29, 1.82) is 0 Å². The predicted octanol–water partition coefficient (Wildman–Crippen LogP) is 4.81. The molecule has 2 aromatic rings. The van der Waals surface area contributed by atoms with Crippen molar-refractivity contribution in [3.63, 3.8) is 0 Å². The molecule has 3 aliphatic rings. The minimum atomic E-state index is -3.23. The van der Waals surface area contributed by atoms with Crippen molar-refractivity contribution in [3.05, 3.63) is 63.4 Å². The van der Waals surface area contributed by atoms with E-state index in [2.05, 4.69) is 36.3 Å². The van der Waals surface area contributed by atoms with Crippen molar-refractivity contribution >= 4 is 50.6 Å². The molecule has 0 aliphatic carbocycles. The van der Waals surface area contributed by atoms with Crippen LogP contribution in [0.4, 0.5) is 10.1 Å². The number of ketones is 1. The highest BCUT2D eigenvalue weighted by molar-refractivity contribution is 7.88. The standard InChI is InChI=1S/C31H39Cl2FN4O4S/c1-30(2,3)18-25-31(21-11-10-19(32)17-23(21)35-29(31)40)26(20-7-5-8-22(33)27(20)34)28(36-25)24(39)9-6-12-37-13-15-38(16-14-37)43(4,41)42/h5,7-8,10-11,17,25-26,28,36H,6,9,12-16,18H2,1-4H3,(H,35,40)/t25-,26+,28+,31+/m1/s1. The Kier molecular flexibility index (Phi) is 9.04. The molecule has 2 saturated heterocycles. The Morgan fingerprint density at radius 1 is 1.12 bits per heavy atom. The van der Waals surface area contributed by atoms with Gasteiger partial charge in [-0.15, -0.1) is 0 Å². The van der Waals surface area contributed by atoms with E-state index in [-0.39, 0.29) is 34.1 Å². The van der Waals surface area contributed by atoms with E-state index in [1.807, 2.05) is 6.07 Å². The van der Waals surface area contributed by atoms with Crippen LogP contribution in [0.3, 0.4) is 0 Å². The van der Waals surface area contributed by atoms with E-state index in [9.17, 15) is 18.0 Å². The number of anilines is 1. The lowest BCUT2D eigenvalue weighted by Crippen LogP contribution is -2.49. The van der Waals surface area contributed by atoms with Gasteiger partial charge >= 0.3 is 0 Å². The van der Waals surface area contributed by atoms with Crippen LogP contribution in [-0.4, -0.2) is 80.4 Å². The van der Waals surface area contributed by atoms with Gasteiger partial charge in [-0.1, -0.05) is 62.2 Å². The van der Waals surface area contributed by atoms with E-state index in [1.54, 1.807) is 24.3 Å². The van der Waals surface area contributed by atoms with Crippen LogP contribution in [0.2, 0.25) is 10.0 Å². The van der Waals surface area contributed by atoms with Gasteiger partial charge in [-0.2, -0.15) is 4.31 Å². The molecule has 1 amide bonds. The second-order valence-corrected chi connectivity index (χ2v) is 16.0. The molecule has 2 N–H and O–H groups in total. The summed E-state index contributed by atoms with van der Waals surface area (Å²) in [4.78, 5) is 30.5. The maximum Gasteiger partial charge on any atom is 0.237 e. The lowest BCUT2D eigenvalue weighted by molar-refractivity contribution is -0.122. The first kappa shape index (κ1) is 32.3. The average Bonchev–Trinajstić information content (AvgIpc) is 3.39. The van der Waals surface area contributed by atoms with Crippen LogP contribution in [0.15, 0.2) is 36.4 Å². The Balaban J connectivity index is 1.48. The summed E-state index contributed by atoms with van der Waals surface area (Å²) in [5.74, 6) is -1.89. The van der Waals surface area contributed by atoms with Crippen molar-refractivity contribution in [2.24, 2.45) is 5.41 Å². The Morgan fingerprint density at radius 3 is 2.47 bits per heavy atom. The summed E-state index contributed by atoms with van der Waals surface area (Å²) in [5.41, 5.74) is -0.0198. The van der Waals surface area contributed by atoms with Crippen LogP contribution >= 0.6 is 23.2 Å². The fourth-order valence-electron chi connectivity index (χ4n) is 7.12. The quantitative estimate of drug-likeness (QED) is 0.425. The summed E-state index contributed by atoms with van der Waals surface area (Å²) in [5, 5.41) is 6.92. The first-order valence-electron chi connectivity index (χ1n) is 14.6. The molecule has 5 rings (SSSR count). The molecule has 2 aromatic carbocycles. The summed E-state index contributed by atoms with van der Waals surface area (Å²) >= 11 is 12.6. The van der Waals surface area contributed by atoms with E-state index < -0.39 is 39.3 Å². The van der Waals surface area contributed by atoms with E-state index in [0.717, 1.165) is 0 Å². The Morgan fingerprint density at radius 2 is 1.81 bits per heavy atom. The zero-order valence-electron chi connectivity index (χ0n) is 24.9. The van der Waals surface area contributed by atoms with Crippen LogP contribution in [0, 0.1) is 11.2 Å². The van der Waals surface area contributed by atoms with E-state index in [0.29, 0.717) is 61.8 Å². The van der Waals surface area contributed by atoms with Gasteiger partial charge in [0.1, 0.15) is 17.0 Å². The van der Waals surface area contributed by atoms with Crippen LogP contribution in [-0.2, 0) is 25.0 Å². The minimum Gasteiger partial charge on any atom is -0.325 e. The molecule has 0 saturated carbocycles. The fourth-order valence-corrected chi connectivity index (χ4v) is 8.30. The topological polar surface area (TPSA) is 98.8 Å². The smallest absolute Gasteiger partial charge is 0.237 e. The van der Waals surface area contributed by atoms with Crippen molar-refractivity contribution in [1.82, 2.24) is 14.5 Å². The third kappa shape index (κ3) is 6.24. The van der Waals surface area contributed by atoms with Gasteiger partial charge in [0.05, 0.1) is 17.3 Å². The van der Waals surface area contributed by atoms with Crippen molar-refractivity contribution in [2.45, 2.75) is 63.5 Å². The Labute approximate surface area is 263 Å². The Bertz CT molecular complexity index is 1520. The number of nitrogens with one attached hydrogen (secondary N) is 2. The lowest BCUT2D eigenvalue weighted by atomic mass is 9.62. The fraction of sp³-hybridized carbons (Fsp3) is 0.548. The molecule has 8 nitrogen and oxygen atoms in total. The SMILES string of the molecule is CC(C)(C)C[C@H]1N[C@@H](C(=O)CCCN2CCN(S(C)(=O)=O)CC2)[C@H](c2cccc(Cl)c2F)[C@@]12C(=O)Nc1cc(Cl)ccc12. The minimum absolute atomic E-state index is 0.0684. The van der Waals surface area contributed by atoms with Gasteiger partial charge < -0.3 is 15.5 Å². The number of nitrogens with zero attached hydrogens (tertiary/aromatic N) is 2. The van der Waals surface area contributed by atoms with Crippen molar-refractivity contribution in [3.8, 4) is 0 Å². The zero-order chi connectivity index (χ0) is 31.3. The summed E-state index contributed by atoms with van der Waals surface area (Å²) < 4.78 is 41.1. The van der Waals surface area contributed by atoms with Gasteiger partial charge in [-0.25, -0.2) is 12.8 Å². The number of halogens is 3. The number of piperazine rings is 1. The van der Waals surface area contributed by atoms with Crippen molar-refractivity contribution in [2.75, 3.05) is 44.3 Å². The second-order valence-electron chi connectivity index (χ2n) is 13.2. The molecule has 12 heteroatoms. The first-order chi connectivity index (χ1) is 20.1. The number of carbonyl (C=O) groups is 2. The number of hydrogen-bond donors (Lipinski definition) is 2. The molecule has 3 heterocycles. The molecular formula is C31H39Cl2FN4O4S. The lowest BCUT2D eigenvalue weighted by Gasteiger charge is -2.37. The second kappa shape index (κ2) is 12.0. The van der Waals surface area contributed by atoms with Crippen LogP contribution in [0.1, 0.15) is 57.1 Å². The van der Waals surface area contributed by atoms with Gasteiger partial charge in [0.15, 0.2) is 0 Å². The van der Waals surface area contributed by atoms with Crippen molar-refractivity contribution < 1.29 is 22.4 Å². The number of carbonyl (C=O) groups excluding carboxylic acids is 2. The number of hydrogen-bond acceptors (Lipinski definition) is 6. The number of rotatable bonds is 8. The molecule has 43 heavy (non-hydrogen) atoms. The number of benzene rings is 2. The Hall–Kier alpha value is -2.08. The highest BCUT2D eigenvalue weighted by atomic mass is 35.5. The average molecular weight is 654 g/mol. The van der Waals surface area contributed by atoms with Crippen LogP contribution < -0.4 is 10.6 Å². The molecule has 0 unspecified atom stereocenters. The number of Topliss-reactive ketones (excluding diaryl/α,β-unsaturated/α-hetero) is 1. The van der Waals surface area contributed by atoms with E-state index in [4.69, 9.17) is 23.2 Å². The van der Waals surface area contributed by atoms with Gasteiger partial charge in [0.25, 0.3) is 0 Å². The molecule has 0 bridgehead atoms. The zero-order valence-corrected chi connectivity index (χ0v) is 27.3. The molecule has 1 spiro atoms. The molecule has 2 fully saturated rings. The molecule has 4 atom stereocenters. The van der Waals surface area contributed by atoms with Crippen LogP contribution in [0.5, 0.6) is 0 Å². The molecule has 0 radical (unpaired) electrons. The van der Waals surface area contributed by atoms with Crippen LogP contribution in [0.25, 0.3) is 0 Å². The van der Waals surface area contributed by atoms with Gasteiger partial charge in [0.2, 0.25) is 15.9 Å². The van der Waals surface area contributed by atoms with Gasteiger partial charge in [0, 0.05) is 55.3 Å². The van der Waals surface area contributed by atoms with E-state index in [1.165, 1.54) is 16.6 Å². The largest absolute Gasteiger partial charge is 0.325 e. The normalized spacial score (nSPS) is 26.6. The van der Waals surface area contributed by atoms with E-state index >= 15 is 4.39 Å². The third-order valence-electron chi connectivity index (χ3n) is 8.98. The summed E-state index contributed by atoms with van der Waals surface area (Å²) in [6, 6.07) is 8.65. The predicted molar refractivity (Wildman–Crippen MR) is 168 cm³/mol. The monoisotopic (exact) mass is 652 g/mol. The number of sulfonamides is 1. The summed E-state index contributed by atoms with van der Waals surface area (Å²) in [6.07, 6.45) is 2.54. The highest BCUT2D eigenvalue weighted by Crippen LogP contribution is 2.57. The first-order valence-corrected chi connectivity index (χ1v) is 17.2. The molecule has 3 aliphatic heterocycles. The summed E-state index contributed by atoms with van der Waals surface area (Å²) in [6.45, 7) is 8.88. The third-order valence-corrected chi connectivity index (χ3v) is 10.8. The molecular weight excluding hydrogens is 614 g/mol. The maximum absolute atomic E-state index is 15.9. The van der Waals surface area contributed by atoms with Gasteiger partial charge in [-0.3, -0.25) is 9.59 Å². The maximum atomic E-state index is 15.9. The van der Waals surface area contributed by atoms with Gasteiger partial charge in [-0.05, 0) is 54.1 Å². The highest BCUT2D eigenvalue weighted by Gasteiger charge is 2.66. The molecule has 234 valence electrons. The number of amides is 1.